The highest BCUT2D eigenvalue weighted by Gasteiger charge is 2.32. The van der Waals surface area contributed by atoms with Gasteiger partial charge in [0.2, 0.25) is 27.4 Å². The number of hydrogen-bond donors (Lipinski definition) is 1. The number of halogens is 3. The van der Waals surface area contributed by atoms with E-state index >= 15 is 0 Å². The normalized spacial score (nSPS) is 12.1. The van der Waals surface area contributed by atoms with Crippen LogP contribution >= 0.6 is 34.8 Å². The summed E-state index contributed by atoms with van der Waals surface area (Å²) < 4.78 is 9.04. The van der Waals surface area contributed by atoms with Gasteiger partial charge in [0, 0.05) is 29.5 Å². The molecule has 2 aromatic heterocycles. The van der Waals surface area contributed by atoms with E-state index in [0.717, 1.165) is 23.8 Å². The van der Waals surface area contributed by atoms with E-state index in [1.165, 1.54) is 0 Å². The van der Waals surface area contributed by atoms with Gasteiger partial charge in [0.25, 0.3) is 0 Å². The molecular formula is C23H21Cl3N4O4. The number of carbonyl (C=O) groups excluding carboxylic acids is 1. The van der Waals surface area contributed by atoms with Crippen molar-refractivity contribution in [2.45, 2.75) is 36.6 Å². The van der Waals surface area contributed by atoms with Crippen LogP contribution in [0, 0.1) is 0 Å². The zero-order valence-electron chi connectivity index (χ0n) is 18.3. The summed E-state index contributed by atoms with van der Waals surface area (Å²) >= 11 is 16.9. The first-order valence-corrected chi connectivity index (χ1v) is 11.4. The Hall–Kier alpha value is -2.78. The van der Waals surface area contributed by atoms with Gasteiger partial charge in [-0.05, 0) is 29.8 Å². The molecular weight excluding hydrogens is 503 g/mol. The first kappa shape index (κ1) is 25.8. The Kier molecular flexibility index (Phi) is 8.79. The zero-order valence-corrected chi connectivity index (χ0v) is 20.6. The van der Waals surface area contributed by atoms with Crippen LogP contribution in [0.15, 0.2) is 57.4 Å². The van der Waals surface area contributed by atoms with Gasteiger partial charge in [-0.15, -0.1) is 20.4 Å². The van der Waals surface area contributed by atoms with Crippen LogP contribution in [-0.4, -0.2) is 35.6 Å². The average molecular weight is 524 g/mol. The van der Waals surface area contributed by atoms with Crippen LogP contribution in [0.5, 0.6) is 0 Å². The summed E-state index contributed by atoms with van der Waals surface area (Å²) in [6, 6.07) is 13.8. The molecule has 0 spiro atoms. The minimum absolute atomic E-state index is 0.423. The van der Waals surface area contributed by atoms with Gasteiger partial charge in [-0.1, -0.05) is 72.9 Å². The number of aryl methyl sites for hydroxylation is 2. The van der Waals surface area contributed by atoms with Crippen LogP contribution in [0.2, 0.25) is 0 Å². The van der Waals surface area contributed by atoms with E-state index in [9.17, 15) is 9.90 Å². The van der Waals surface area contributed by atoms with Gasteiger partial charge in [0.15, 0.2) is 0 Å². The van der Waals surface area contributed by atoms with E-state index in [0.29, 0.717) is 41.1 Å². The molecule has 0 aliphatic heterocycles. The first-order chi connectivity index (χ1) is 16.2. The first-order valence-electron chi connectivity index (χ1n) is 10.3. The number of nitrogens with zero attached hydrogens (tertiary/aromatic N) is 4. The summed E-state index contributed by atoms with van der Waals surface area (Å²) in [6.45, 7) is 3.88. The third-order valence-corrected chi connectivity index (χ3v) is 5.24. The van der Waals surface area contributed by atoms with Crippen LogP contribution in [0.3, 0.4) is 0 Å². The maximum Gasteiger partial charge on any atom is 0.247 e. The molecule has 178 valence electrons. The van der Waals surface area contributed by atoms with E-state index in [4.69, 9.17) is 43.6 Å². The van der Waals surface area contributed by atoms with Gasteiger partial charge in [0.1, 0.15) is 12.4 Å². The van der Waals surface area contributed by atoms with Crippen molar-refractivity contribution >= 4 is 41.1 Å². The Balaban J connectivity index is 0.000000196. The summed E-state index contributed by atoms with van der Waals surface area (Å²) in [5, 5.41) is 25.4. The molecule has 2 heterocycles. The molecule has 0 saturated carbocycles. The van der Waals surface area contributed by atoms with Crippen molar-refractivity contribution in [3.63, 3.8) is 0 Å². The molecule has 4 rings (SSSR count). The van der Waals surface area contributed by atoms with Crippen LogP contribution in [-0.2, 0) is 12.8 Å². The second-order valence-electron chi connectivity index (χ2n) is 7.02. The minimum Gasteiger partial charge on any atom is -0.421 e. The molecule has 8 nitrogen and oxygen atoms in total. The molecule has 11 heteroatoms. The van der Waals surface area contributed by atoms with Gasteiger partial charge in [0.05, 0.1) is 0 Å². The van der Waals surface area contributed by atoms with E-state index in [1.807, 2.05) is 13.8 Å². The lowest BCUT2D eigenvalue weighted by atomic mass is 10.1. The standard InChI is InChI=1S/C12H11Cl3N2O2.C11H10N2O2/c1-2-9-16-17-11(19-9)8-5-3-7(4-6-8)10(18)12(13,14)15;1-2-10-12-13-11(15-10)9-5-3-8(7-14)4-6-9/h3-6,10,18H,2H2,1H3;3-7H,2H2,1H3. The van der Waals surface area contributed by atoms with Crippen LogP contribution in [0.25, 0.3) is 22.9 Å². The molecule has 0 bridgehead atoms. The van der Waals surface area contributed by atoms with Crippen molar-refractivity contribution < 1.29 is 18.7 Å². The number of benzene rings is 2. The molecule has 0 amide bonds. The smallest absolute Gasteiger partial charge is 0.247 e. The Morgan fingerprint density at radius 2 is 1.26 bits per heavy atom. The highest BCUT2D eigenvalue weighted by molar-refractivity contribution is 6.68. The molecule has 0 fully saturated rings. The number of aliphatic hydroxyl groups is 1. The fraction of sp³-hybridized carbons (Fsp3) is 0.261. The molecule has 2 aromatic carbocycles. The lowest BCUT2D eigenvalue weighted by molar-refractivity contribution is 0.112. The zero-order chi connectivity index (χ0) is 24.7. The highest BCUT2D eigenvalue weighted by Crippen LogP contribution is 2.39. The second-order valence-corrected chi connectivity index (χ2v) is 9.38. The van der Waals surface area contributed by atoms with Crippen LogP contribution in [0.4, 0.5) is 0 Å². The van der Waals surface area contributed by atoms with Crippen molar-refractivity contribution in [3.8, 4) is 22.9 Å². The monoisotopic (exact) mass is 522 g/mol. The Labute approximate surface area is 210 Å². The summed E-state index contributed by atoms with van der Waals surface area (Å²) in [6.07, 6.45) is 1.01. The maximum absolute atomic E-state index is 10.5. The number of aliphatic hydroxyl groups excluding tert-OH is 1. The van der Waals surface area contributed by atoms with E-state index < -0.39 is 9.90 Å². The van der Waals surface area contributed by atoms with Crippen molar-refractivity contribution in [1.82, 2.24) is 20.4 Å². The molecule has 0 saturated heterocycles. The predicted octanol–water partition coefficient (Wildman–Crippen LogP) is 5.81. The van der Waals surface area contributed by atoms with E-state index in [-0.39, 0.29) is 0 Å². The largest absolute Gasteiger partial charge is 0.421 e. The number of hydrogen-bond acceptors (Lipinski definition) is 8. The van der Waals surface area contributed by atoms with Gasteiger partial charge in [-0.3, -0.25) is 4.79 Å². The molecule has 1 N–H and O–H groups in total. The number of aromatic nitrogens is 4. The maximum atomic E-state index is 10.5. The quantitative estimate of drug-likeness (QED) is 0.248. The van der Waals surface area contributed by atoms with Crippen molar-refractivity contribution in [1.29, 1.82) is 0 Å². The Bertz CT molecular complexity index is 1200. The molecule has 0 aliphatic carbocycles. The molecule has 1 unspecified atom stereocenters. The SMILES string of the molecule is CCc1nnc(-c2ccc(C(O)C(Cl)(Cl)Cl)cc2)o1.CCc1nnc(-c2ccc(C=O)cc2)o1. The third-order valence-electron chi connectivity index (χ3n) is 4.62. The Morgan fingerprint density at radius 1 is 0.824 bits per heavy atom. The lowest BCUT2D eigenvalue weighted by Crippen LogP contribution is -2.16. The Morgan fingerprint density at radius 3 is 1.62 bits per heavy atom. The third kappa shape index (κ3) is 6.64. The van der Waals surface area contributed by atoms with Crippen LogP contribution < -0.4 is 0 Å². The van der Waals surface area contributed by atoms with Gasteiger partial charge in [-0.2, -0.15) is 0 Å². The van der Waals surface area contributed by atoms with Crippen LogP contribution in [0.1, 0.15) is 47.7 Å². The molecule has 0 radical (unpaired) electrons. The lowest BCUT2D eigenvalue weighted by Gasteiger charge is -2.19. The minimum atomic E-state index is -1.76. The summed E-state index contributed by atoms with van der Waals surface area (Å²) in [4.78, 5) is 10.5. The number of carbonyl (C=O) groups is 1. The topological polar surface area (TPSA) is 115 Å². The molecule has 0 aliphatic rings. The summed E-state index contributed by atoms with van der Waals surface area (Å²) in [5.41, 5.74) is 2.70. The number of aldehydes is 1. The van der Waals surface area contributed by atoms with Crippen molar-refractivity contribution in [2.75, 3.05) is 0 Å². The number of alkyl halides is 3. The fourth-order valence-electron chi connectivity index (χ4n) is 2.73. The predicted molar refractivity (Wildman–Crippen MR) is 129 cm³/mol. The summed E-state index contributed by atoms with van der Waals surface area (Å²) in [7, 11) is 0. The molecule has 4 aromatic rings. The highest BCUT2D eigenvalue weighted by atomic mass is 35.6. The average Bonchev–Trinajstić information content (AvgIpc) is 3.53. The fourth-order valence-corrected chi connectivity index (χ4v) is 3.11. The van der Waals surface area contributed by atoms with Gasteiger partial charge < -0.3 is 13.9 Å². The molecule has 34 heavy (non-hydrogen) atoms. The van der Waals surface area contributed by atoms with Crippen molar-refractivity contribution in [2.24, 2.45) is 0 Å². The van der Waals surface area contributed by atoms with E-state index in [2.05, 4.69) is 20.4 Å². The number of rotatable bonds is 6. The van der Waals surface area contributed by atoms with Gasteiger partial charge >= 0.3 is 0 Å². The van der Waals surface area contributed by atoms with Crippen molar-refractivity contribution in [3.05, 3.63) is 71.4 Å². The second kappa shape index (κ2) is 11.6. The van der Waals surface area contributed by atoms with E-state index in [1.54, 1.807) is 48.5 Å². The summed E-state index contributed by atoms with van der Waals surface area (Å²) in [5.74, 6) is 2.10. The van der Waals surface area contributed by atoms with Gasteiger partial charge in [-0.25, -0.2) is 0 Å². The molecule has 1 atom stereocenters.